The number of rotatable bonds is 3. The Hall–Kier alpha value is -2.51. The summed E-state index contributed by atoms with van der Waals surface area (Å²) < 4.78 is 37.7. The Labute approximate surface area is 118 Å². The fraction of sp³-hybridized carbons (Fsp3) is 0.231. The molecule has 1 aromatic carbocycles. The summed E-state index contributed by atoms with van der Waals surface area (Å²) in [5.41, 5.74) is -0.756. The summed E-state index contributed by atoms with van der Waals surface area (Å²) in [4.78, 5) is 18.5. The molecule has 0 spiro atoms. The molecule has 3 N–H and O–H groups in total. The van der Waals surface area contributed by atoms with Gasteiger partial charge in [-0.2, -0.15) is 13.2 Å². The Morgan fingerprint density at radius 1 is 1.38 bits per heavy atom. The van der Waals surface area contributed by atoms with Gasteiger partial charge in [0.2, 0.25) is 0 Å². The van der Waals surface area contributed by atoms with Crippen molar-refractivity contribution in [1.82, 2.24) is 15.3 Å². The number of anilines is 1. The van der Waals surface area contributed by atoms with Gasteiger partial charge in [-0.25, -0.2) is 9.78 Å². The van der Waals surface area contributed by atoms with Crippen LogP contribution < -0.4 is 10.6 Å². The van der Waals surface area contributed by atoms with E-state index in [4.69, 9.17) is 0 Å². The minimum absolute atomic E-state index is 0.0639. The number of imidazole rings is 1. The lowest BCUT2D eigenvalue weighted by Gasteiger charge is -2.13. The number of nitrogens with zero attached hydrogens (tertiary/aromatic N) is 1. The summed E-state index contributed by atoms with van der Waals surface area (Å²) in [5.74, 6) is 0.550. The number of carbonyl (C=O) groups excluding carboxylic acids is 1. The van der Waals surface area contributed by atoms with Crippen LogP contribution in [-0.4, -0.2) is 16.0 Å². The molecule has 0 saturated heterocycles. The number of alkyl halides is 3. The summed E-state index contributed by atoms with van der Waals surface area (Å²) in [6, 6.07) is 3.41. The molecule has 5 nitrogen and oxygen atoms in total. The van der Waals surface area contributed by atoms with Crippen molar-refractivity contribution in [2.75, 3.05) is 5.32 Å². The van der Waals surface area contributed by atoms with Crippen molar-refractivity contribution < 1.29 is 18.0 Å². The first-order chi connectivity index (χ1) is 9.86. The molecule has 21 heavy (non-hydrogen) atoms. The topological polar surface area (TPSA) is 69.8 Å². The van der Waals surface area contributed by atoms with Gasteiger partial charge in [-0.1, -0.05) is 6.07 Å². The van der Waals surface area contributed by atoms with Gasteiger partial charge in [0.05, 0.1) is 11.6 Å². The molecule has 1 heterocycles. The zero-order valence-electron chi connectivity index (χ0n) is 11.0. The number of amides is 2. The van der Waals surface area contributed by atoms with Crippen LogP contribution in [0.5, 0.6) is 0 Å². The lowest BCUT2D eigenvalue weighted by atomic mass is 10.2. The molecule has 0 bridgehead atoms. The predicted molar refractivity (Wildman–Crippen MR) is 70.6 cm³/mol. The lowest BCUT2D eigenvalue weighted by Crippen LogP contribution is -2.31. The van der Waals surface area contributed by atoms with Crippen molar-refractivity contribution in [3.05, 3.63) is 48.0 Å². The maximum Gasteiger partial charge on any atom is 0.416 e. The highest BCUT2D eigenvalue weighted by Gasteiger charge is 2.30. The van der Waals surface area contributed by atoms with E-state index in [1.165, 1.54) is 18.3 Å². The van der Waals surface area contributed by atoms with Crippen molar-refractivity contribution >= 4 is 11.7 Å². The standard InChI is InChI=1S/C13H13F3N4O/c1-8(11-17-5-6-18-11)19-12(21)20-10-4-2-3-9(7-10)13(14,15)16/h2-8H,1H3,(H,17,18)(H2,19,20,21). The summed E-state index contributed by atoms with van der Waals surface area (Å²) in [6.07, 6.45) is -1.30. The van der Waals surface area contributed by atoms with Crippen LogP contribution in [0.1, 0.15) is 24.4 Å². The number of H-pyrrole nitrogens is 1. The van der Waals surface area contributed by atoms with Gasteiger partial charge in [-0.3, -0.25) is 0 Å². The fourth-order valence-electron chi connectivity index (χ4n) is 1.72. The van der Waals surface area contributed by atoms with Crippen LogP contribution >= 0.6 is 0 Å². The van der Waals surface area contributed by atoms with E-state index >= 15 is 0 Å². The van der Waals surface area contributed by atoms with Crippen LogP contribution in [-0.2, 0) is 6.18 Å². The number of benzene rings is 1. The smallest absolute Gasteiger partial charge is 0.347 e. The monoisotopic (exact) mass is 298 g/mol. The number of carbonyl (C=O) groups is 1. The van der Waals surface area contributed by atoms with E-state index < -0.39 is 23.8 Å². The van der Waals surface area contributed by atoms with E-state index in [9.17, 15) is 18.0 Å². The van der Waals surface area contributed by atoms with E-state index in [1.807, 2.05) is 0 Å². The van der Waals surface area contributed by atoms with Gasteiger partial charge in [-0.15, -0.1) is 0 Å². The zero-order valence-corrected chi connectivity index (χ0v) is 11.0. The van der Waals surface area contributed by atoms with Gasteiger partial charge in [0, 0.05) is 18.1 Å². The molecule has 1 atom stereocenters. The molecule has 0 saturated carbocycles. The Balaban J connectivity index is 2.00. The fourth-order valence-corrected chi connectivity index (χ4v) is 1.72. The summed E-state index contributed by atoms with van der Waals surface area (Å²) in [7, 11) is 0. The van der Waals surface area contributed by atoms with Crippen LogP contribution in [0.3, 0.4) is 0 Å². The molecule has 112 valence electrons. The molecule has 0 radical (unpaired) electrons. The van der Waals surface area contributed by atoms with Crippen molar-refractivity contribution in [3.8, 4) is 0 Å². The Morgan fingerprint density at radius 2 is 2.14 bits per heavy atom. The molecule has 0 aliphatic carbocycles. The zero-order chi connectivity index (χ0) is 15.5. The first kappa shape index (κ1) is 14.9. The molecule has 1 aromatic heterocycles. The van der Waals surface area contributed by atoms with E-state index in [-0.39, 0.29) is 5.69 Å². The average molecular weight is 298 g/mol. The van der Waals surface area contributed by atoms with E-state index in [0.717, 1.165) is 12.1 Å². The molecule has 0 fully saturated rings. The van der Waals surface area contributed by atoms with Gasteiger partial charge >= 0.3 is 12.2 Å². The van der Waals surface area contributed by atoms with Crippen LogP contribution in [0.25, 0.3) is 0 Å². The quantitative estimate of drug-likeness (QED) is 0.813. The SMILES string of the molecule is CC(NC(=O)Nc1cccc(C(F)(F)F)c1)c1ncc[nH]1. The molecule has 2 amide bonds. The highest BCUT2D eigenvalue weighted by atomic mass is 19.4. The number of aromatic nitrogens is 2. The Kier molecular flexibility index (Phi) is 4.15. The van der Waals surface area contributed by atoms with E-state index in [1.54, 1.807) is 13.1 Å². The third kappa shape index (κ3) is 3.98. The van der Waals surface area contributed by atoms with Crippen LogP contribution in [0.2, 0.25) is 0 Å². The number of halogens is 3. The number of aromatic amines is 1. The van der Waals surface area contributed by atoms with Crippen molar-refractivity contribution in [2.24, 2.45) is 0 Å². The van der Waals surface area contributed by atoms with E-state index in [2.05, 4.69) is 20.6 Å². The largest absolute Gasteiger partial charge is 0.416 e. The molecular formula is C13H13F3N4O. The third-order valence-electron chi connectivity index (χ3n) is 2.72. The number of hydrogen-bond acceptors (Lipinski definition) is 2. The molecule has 2 rings (SSSR count). The summed E-state index contributed by atoms with van der Waals surface area (Å²) in [6.45, 7) is 1.70. The molecular weight excluding hydrogens is 285 g/mol. The van der Waals surface area contributed by atoms with E-state index in [0.29, 0.717) is 5.82 Å². The first-order valence-corrected chi connectivity index (χ1v) is 6.10. The Bertz CT molecular complexity index is 610. The second-order valence-corrected chi connectivity index (χ2v) is 4.37. The molecule has 1 unspecified atom stereocenters. The average Bonchev–Trinajstić information content (AvgIpc) is 2.91. The van der Waals surface area contributed by atoms with Crippen molar-refractivity contribution in [1.29, 1.82) is 0 Å². The van der Waals surface area contributed by atoms with Crippen LogP contribution in [0.15, 0.2) is 36.7 Å². The highest BCUT2D eigenvalue weighted by Crippen LogP contribution is 2.30. The highest BCUT2D eigenvalue weighted by molar-refractivity contribution is 5.89. The molecule has 2 aromatic rings. The van der Waals surface area contributed by atoms with Crippen LogP contribution in [0, 0.1) is 0 Å². The summed E-state index contributed by atoms with van der Waals surface area (Å²) in [5, 5.41) is 4.92. The van der Waals surface area contributed by atoms with Gasteiger partial charge in [-0.05, 0) is 25.1 Å². The van der Waals surface area contributed by atoms with Gasteiger partial charge in [0.15, 0.2) is 0 Å². The second kappa shape index (κ2) is 5.86. The van der Waals surface area contributed by atoms with Gasteiger partial charge in [0.1, 0.15) is 5.82 Å². The lowest BCUT2D eigenvalue weighted by molar-refractivity contribution is -0.137. The second-order valence-electron chi connectivity index (χ2n) is 4.37. The Morgan fingerprint density at radius 3 is 2.76 bits per heavy atom. The maximum absolute atomic E-state index is 12.6. The molecule has 0 aliphatic heterocycles. The number of nitrogens with one attached hydrogen (secondary N) is 3. The van der Waals surface area contributed by atoms with Gasteiger partial charge in [0.25, 0.3) is 0 Å². The minimum Gasteiger partial charge on any atom is -0.347 e. The van der Waals surface area contributed by atoms with Crippen LogP contribution in [0.4, 0.5) is 23.7 Å². The third-order valence-corrected chi connectivity index (χ3v) is 2.72. The molecule has 8 heteroatoms. The normalized spacial score (nSPS) is 12.8. The first-order valence-electron chi connectivity index (χ1n) is 6.10. The maximum atomic E-state index is 12.6. The predicted octanol–water partition coefficient (Wildman–Crippen LogP) is 3.31. The minimum atomic E-state index is -4.45. The van der Waals surface area contributed by atoms with Crippen molar-refractivity contribution in [3.63, 3.8) is 0 Å². The van der Waals surface area contributed by atoms with Gasteiger partial charge < -0.3 is 15.6 Å². The summed E-state index contributed by atoms with van der Waals surface area (Å²) >= 11 is 0. The molecule has 0 aliphatic rings. The number of urea groups is 1. The van der Waals surface area contributed by atoms with Crippen molar-refractivity contribution in [2.45, 2.75) is 19.1 Å². The number of hydrogen-bond donors (Lipinski definition) is 3.